The highest BCUT2D eigenvalue weighted by molar-refractivity contribution is 5.90. The Morgan fingerprint density at radius 1 is 1.25 bits per heavy atom. The van der Waals surface area contributed by atoms with Gasteiger partial charge in [-0.25, -0.2) is 9.97 Å². The van der Waals surface area contributed by atoms with Gasteiger partial charge < -0.3 is 4.90 Å². The molecule has 0 saturated carbocycles. The van der Waals surface area contributed by atoms with Crippen molar-refractivity contribution < 1.29 is 4.79 Å². The molecule has 2 rings (SSSR count). The fourth-order valence-corrected chi connectivity index (χ4v) is 1.81. The van der Waals surface area contributed by atoms with Crippen LogP contribution < -0.4 is 0 Å². The molecule has 1 aromatic rings. The monoisotopic (exact) mass is 219 g/mol. The lowest BCUT2D eigenvalue weighted by Crippen LogP contribution is -2.29. The molecule has 4 nitrogen and oxygen atoms in total. The van der Waals surface area contributed by atoms with Gasteiger partial charge in [-0.15, -0.1) is 0 Å². The van der Waals surface area contributed by atoms with E-state index >= 15 is 0 Å². The quantitative estimate of drug-likeness (QED) is 0.762. The summed E-state index contributed by atoms with van der Waals surface area (Å²) < 4.78 is 0. The van der Waals surface area contributed by atoms with Gasteiger partial charge >= 0.3 is 0 Å². The summed E-state index contributed by atoms with van der Waals surface area (Å²) in [4.78, 5) is 22.0. The average molecular weight is 219 g/mol. The number of hydrogen-bond acceptors (Lipinski definition) is 3. The highest BCUT2D eigenvalue weighted by Crippen LogP contribution is 2.13. The van der Waals surface area contributed by atoms with Crippen molar-refractivity contribution in [3.8, 4) is 0 Å². The maximum absolute atomic E-state index is 11.9. The van der Waals surface area contributed by atoms with Gasteiger partial charge in [0.2, 0.25) is 5.82 Å². The first-order valence-electron chi connectivity index (χ1n) is 5.79. The third-order valence-electron chi connectivity index (χ3n) is 2.92. The zero-order valence-electron chi connectivity index (χ0n) is 9.81. The molecule has 1 aromatic heterocycles. The molecule has 0 bridgehead atoms. The lowest BCUT2D eigenvalue weighted by molar-refractivity contribution is 0.0780. The normalized spacial score (nSPS) is 15.8. The first kappa shape index (κ1) is 11.0. The Bertz CT molecular complexity index is 366. The van der Waals surface area contributed by atoms with Crippen molar-refractivity contribution in [2.75, 3.05) is 13.1 Å². The number of nitrogens with zero attached hydrogens (tertiary/aromatic N) is 3. The van der Waals surface area contributed by atoms with Crippen molar-refractivity contribution in [1.82, 2.24) is 14.9 Å². The van der Waals surface area contributed by atoms with Gasteiger partial charge in [0.25, 0.3) is 5.91 Å². The van der Waals surface area contributed by atoms with E-state index in [-0.39, 0.29) is 5.91 Å². The molecule has 2 heterocycles. The minimum Gasteiger partial charge on any atom is -0.336 e. The van der Waals surface area contributed by atoms with Crippen LogP contribution in [0, 0.1) is 0 Å². The molecule has 1 amide bonds. The molecular weight excluding hydrogens is 202 g/mol. The number of amides is 1. The zero-order valence-corrected chi connectivity index (χ0v) is 9.81. The van der Waals surface area contributed by atoms with E-state index in [2.05, 4.69) is 23.8 Å². The standard InChI is InChI=1S/C12H17N3O/c1-9(2)10-7-13-11(14-8-10)12(16)15-5-3-4-6-15/h7-9H,3-6H2,1-2H3. The van der Waals surface area contributed by atoms with Crippen LogP contribution in [0.4, 0.5) is 0 Å². The van der Waals surface area contributed by atoms with Crippen LogP contribution in [0.3, 0.4) is 0 Å². The molecule has 0 radical (unpaired) electrons. The second-order valence-corrected chi connectivity index (χ2v) is 4.49. The highest BCUT2D eigenvalue weighted by Gasteiger charge is 2.21. The van der Waals surface area contributed by atoms with Crippen LogP contribution in [0.2, 0.25) is 0 Å². The summed E-state index contributed by atoms with van der Waals surface area (Å²) in [7, 11) is 0. The molecule has 1 saturated heterocycles. The van der Waals surface area contributed by atoms with Gasteiger partial charge in [0.1, 0.15) is 0 Å². The van der Waals surface area contributed by atoms with Crippen LogP contribution in [0.1, 0.15) is 48.8 Å². The predicted molar refractivity (Wildman–Crippen MR) is 61.3 cm³/mol. The second-order valence-electron chi connectivity index (χ2n) is 4.49. The third-order valence-corrected chi connectivity index (χ3v) is 2.92. The Labute approximate surface area is 95.7 Å². The summed E-state index contributed by atoms with van der Waals surface area (Å²) in [6, 6.07) is 0. The molecule has 1 aliphatic rings. The van der Waals surface area contributed by atoms with Gasteiger partial charge in [-0.05, 0) is 24.3 Å². The van der Waals surface area contributed by atoms with Crippen molar-refractivity contribution in [3.63, 3.8) is 0 Å². The summed E-state index contributed by atoms with van der Waals surface area (Å²) in [6.07, 6.45) is 5.69. The fourth-order valence-electron chi connectivity index (χ4n) is 1.81. The molecule has 1 aliphatic heterocycles. The van der Waals surface area contributed by atoms with Crippen LogP contribution in [0.25, 0.3) is 0 Å². The van der Waals surface area contributed by atoms with E-state index in [0.29, 0.717) is 11.7 Å². The number of aromatic nitrogens is 2. The predicted octanol–water partition coefficient (Wildman–Crippen LogP) is 1.84. The molecule has 0 spiro atoms. The minimum absolute atomic E-state index is 0.0344. The molecule has 86 valence electrons. The second kappa shape index (κ2) is 4.60. The van der Waals surface area contributed by atoms with Gasteiger partial charge in [0, 0.05) is 25.5 Å². The molecule has 0 unspecified atom stereocenters. The Balaban J connectivity index is 2.11. The van der Waals surface area contributed by atoms with Crippen LogP contribution in [0.15, 0.2) is 12.4 Å². The molecule has 1 fully saturated rings. The van der Waals surface area contributed by atoms with E-state index in [1.54, 1.807) is 12.4 Å². The van der Waals surface area contributed by atoms with E-state index in [0.717, 1.165) is 31.5 Å². The summed E-state index contributed by atoms with van der Waals surface area (Å²) >= 11 is 0. The summed E-state index contributed by atoms with van der Waals surface area (Å²) in [6.45, 7) is 5.85. The largest absolute Gasteiger partial charge is 0.336 e. The van der Waals surface area contributed by atoms with Crippen LogP contribution in [-0.4, -0.2) is 33.9 Å². The molecular formula is C12H17N3O. The van der Waals surface area contributed by atoms with Crippen molar-refractivity contribution in [1.29, 1.82) is 0 Å². The maximum atomic E-state index is 11.9. The summed E-state index contributed by atoms with van der Waals surface area (Å²) in [5, 5.41) is 0. The first-order chi connectivity index (χ1) is 7.68. The average Bonchev–Trinajstić information content (AvgIpc) is 2.81. The smallest absolute Gasteiger partial charge is 0.291 e. The van der Waals surface area contributed by atoms with Gasteiger partial charge in [0.05, 0.1) is 0 Å². The lowest BCUT2D eigenvalue weighted by Gasteiger charge is -2.13. The fraction of sp³-hybridized carbons (Fsp3) is 0.583. The van der Waals surface area contributed by atoms with Gasteiger partial charge in [-0.1, -0.05) is 13.8 Å². The number of carbonyl (C=O) groups excluding carboxylic acids is 1. The number of likely N-dealkylation sites (tertiary alicyclic amines) is 1. The van der Waals surface area contributed by atoms with Crippen molar-refractivity contribution in [2.45, 2.75) is 32.6 Å². The summed E-state index contributed by atoms with van der Waals surface area (Å²) in [5.41, 5.74) is 1.07. The SMILES string of the molecule is CC(C)c1cnc(C(=O)N2CCCC2)nc1. The Morgan fingerprint density at radius 2 is 1.81 bits per heavy atom. The highest BCUT2D eigenvalue weighted by atomic mass is 16.2. The Kier molecular flexibility index (Phi) is 3.17. The van der Waals surface area contributed by atoms with Gasteiger partial charge in [-0.2, -0.15) is 0 Å². The molecule has 0 aromatic carbocycles. The lowest BCUT2D eigenvalue weighted by atomic mass is 10.1. The molecule has 16 heavy (non-hydrogen) atoms. The number of carbonyl (C=O) groups is 1. The minimum atomic E-state index is -0.0344. The van der Waals surface area contributed by atoms with Crippen LogP contribution in [-0.2, 0) is 0 Å². The Hall–Kier alpha value is -1.45. The van der Waals surface area contributed by atoms with Crippen molar-refractivity contribution >= 4 is 5.91 Å². The van der Waals surface area contributed by atoms with E-state index in [1.165, 1.54) is 0 Å². The van der Waals surface area contributed by atoms with Crippen LogP contribution in [0.5, 0.6) is 0 Å². The number of rotatable bonds is 2. The van der Waals surface area contributed by atoms with E-state index in [1.807, 2.05) is 4.90 Å². The third kappa shape index (κ3) is 2.21. The van der Waals surface area contributed by atoms with Crippen LogP contribution >= 0.6 is 0 Å². The molecule has 0 aliphatic carbocycles. The zero-order chi connectivity index (χ0) is 11.5. The molecule has 4 heteroatoms. The van der Waals surface area contributed by atoms with E-state index in [9.17, 15) is 4.79 Å². The Morgan fingerprint density at radius 3 is 2.31 bits per heavy atom. The van der Waals surface area contributed by atoms with Gasteiger partial charge in [0.15, 0.2) is 0 Å². The van der Waals surface area contributed by atoms with Crippen molar-refractivity contribution in [3.05, 3.63) is 23.8 Å². The van der Waals surface area contributed by atoms with Crippen molar-refractivity contribution in [2.24, 2.45) is 0 Å². The maximum Gasteiger partial charge on any atom is 0.291 e. The molecule has 0 N–H and O–H groups in total. The number of hydrogen-bond donors (Lipinski definition) is 0. The van der Waals surface area contributed by atoms with E-state index < -0.39 is 0 Å². The molecule has 0 atom stereocenters. The van der Waals surface area contributed by atoms with Gasteiger partial charge in [-0.3, -0.25) is 4.79 Å². The first-order valence-corrected chi connectivity index (χ1v) is 5.79. The van der Waals surface area contributed by atoms with E-state index in [4.69, 9.17) is 0 Å². The summed E-state index contributed by atoms with van der Waals surface area (Å²) in [5.74, 6) is 0.690. The topological polar surface area (TPSA) is 46.1 Å².